The normalized spacial score (nSPS) is 38.7. The largest absolute Gasteiger partial charge is 0.393 e. The van der Waals surface area contributed by atoms with Gasteiger partial charge in [0, 0.05) is 12.3 Å². The van der Waals surface area contributed by atoms with Crippen LogP contribution >= 0.6 is 0 Å². The minimum Gasteiger partial charge on any atom is -0.393 e. The van der Waals surface area contributed by atoms with Crippen LogP contribution in [0.25, 0.3) is 0 Å². The van der Waals surface area contributed by atoms with Crippen LogP contribution in [0.2, 0.25) is 0 Å². The maximum Gasteiger partial charge on any atom is 0.136 e. The van der Waals surface area contributed by atoms with E-state index in [1.54, 1.807) is 0 Å². The molecule has 15 heavy (non-hydrogen) atoms. The summed E-state index contributed by atoms with van der Waals surface area (Å²) in [4.78, 5) is 11.9. The van der Waals surface area contributed by atoms with Crippen molar-refractivity contribution >= 4 is 5.78 Å². The van der Waals surface area contributed by atoms with Crippen molar-refractivity contribution in [1.29, 1.82) is 0 Å². The fourth-order valence-corrected chi connectivity index (χ4v) is 3.25. The van der Waals surface area contributed by atoms with E-state index >= 15 is 0 Å². The molecule has 0 aromatic rings. The topological polar surface area (TPSA) is 37.3 Å². The van der Waals surface area contributed by atoms with Crippen molar-refractivity contribution in [2.24, 2.45) is 11.8 Å². The lowest BCUT2D eigenvalue weighted by Crippen LogP contribution is -2.34. The van der Waals surface area contributed by atoms with Crippen LogP contribution in [-0.4, -0.2) is 17.0 Å². The van der Waals surface area contributed by atoms with Crippen LogP contribution in [0.15, 0.2) is 0 Å². The van der Waals surface area contributed by atoms with Crippen LogP contribution in [-0.2, 0) is 4.79 Å². The molecule has 2 nitrogen and oxygen atoms in total. The number of hydrogen-bond acceptors (Lipinski definition) is 2. The zero-order valence-corrected chi connectivity index (χ0v) is 9.45. The lowest BCUT2D eigenvalue weighted by molar-refractivity contribution is -0.127. The first-order valence-corrected chi connectivity index (χ1v) is 6.50. The van der Waals surface area contributed by atoms with Gasteiger partial charge in [-0.25, -0.2) is 0 Å². The van der Waals surface area contributed by atoms with Crippen LogP contribution in [0.1, 0.15) is 57.8 Å². The molecule has 2 rings (SSSR count). The number of rotatable bonds is 1. The monoisotopic (exact) mass is 210 g/mol. The number of aliphatic hydroxyl groups is 1. The number of carbonyl (C=O) groups excluding carboxylic acids is 1. The number of Topliss-reactive ketones (excluding diaryl/α,β-unsaturated/α-hetero) is 1. The minimum atomic E-state index is -0.203. The molecule has 0 aromatic carbocycles. The van der Waals surface area contributed by atoms with Gasteiger partial charge < -0.3 is 5.11 Å². The average Bonchev–Trinajstić information content (AvgIpc) is 2.44. The molecule has 0 radical (unpaired) electrons. The van der Waals surface area contributed by atoms with Crippen molar-refractivity contribution in [1.82, 2.24) is 0 Å². The third-order valence-corrected chi connectivity index (χ3v) is 4.15. The first-order valence-electron chi connectivity index (χ1n) is 6.50. The van der Waals surface area contributed by atoms with Gasteiger partial charge in [0.2, 0.25) is 0 Å². The van der Waals surface area contributed by atoms with Crippen molar-refractivity contribution in [3.8, 4) is 0 Å². The second kappa shape index (κ2) is 5.11. The SMILES string of the molecule is O=C1CCCCC[C@H]1[C@@H]1CCCC[C@H]1O. The van der Waals surface area contributed by atoms with Crippen molar-refractivity contribution < 1.29 is 9.90 Å². The fourth-order valence-electron chi connectivity index (χ4n) is 3.25. The van der Waals surface area contributed by atoms with E-state index in [1.807, 2.05) is 0 Å². The Bertz CT molecular complexity index is 225. The van der Waals surface area contributed by atoms with E-state index in [4.69, 9.17) is 0 Å². The molecule has 2 aliphatic carbocycles. The van der Waals surface area contributed by atoms with Gasteiger partial charge in [-0.1, -0.05) is 25.7 Å². The molecule has 2 fully saturated rings. The molecule has 0 amide bonds. The van der Waals surface area contributed by atoms with Gasteiger partial charge in [-0.2, -0.15) is 0 Å². The van der Waals surface area contributed by atoms with Gasteiger partial charge in [0.15, 0.2) is 0 Å². The highest BCUT2D eigenvalue weighted by Gasteiger charge is 2.34. The van der Waals surface area contributed by atoms with Crippen molar-refractivity contribution in [2.45, 2.75) is 63.9 Å². The van der Waals surface area contributed by atoms with Gasteiger partial charge >= 0.3 is 0 Å². The van der Waals surface area contributed by atoms with Gasteiger partial charge in [0.25, 0.3) is 0 Å². The molecule has 1 N–H and O–H groups in total. The van der Waals surface area contributed by atoms with E-state index in [2.05, 4.69) is 0 Å². The molecule has 86 valence electrons. The maximum atomic E-state index is 11.9. The van der Waals surface area contributed by atoms with Gasteiger partial charge in [0.1, 0.15) is 5.78 Å². The molecule has 2 heteroatoms. The van der Waals surface area contributed by atoms with Crippen LogP contribution in [0, 0.1) is 11.8 Å². The summed E-state index contributed by atoms with van der Waals surface area (Å²) in [6.45, 7) is 0. The highest BCUT2D eigenvalue weighted by Crippen LogP contribution is 2.36. The molecule has 0 aliphatic heterocycles. The average molecular weight is 210 g/mol. The van der Waals surface area contributed by atoms with Crippen molar-refractivity contribution in [3.05, 3.63) is 0 Å². The Morgan fingerprint density at radius 3 is 2.47 bits per heavy atom. The Balaban J connectivity index is 2.02. The highest BCUT2D eigenvalue weighted by molar-refractivity contribution is 5.81. The van der Waals surface area contributed by atoms with Crippen LogP contribution < -0.4 is 0 Å². The summed E-state index contributed by atoms with van der Waals surface area (Å²) in [7, 11) is 0. The molecule has 0 bridgehead atoms. The second-order valence-corrected chi connectivity index (χ2v) is 5.19. The standard InChI is InChI=1S/C13H22O2/c14-12-8-3-1-2-6-10(12)11-7-4-5-9-13(11)15/h10-11,13,15H,1-9H2/t10-,11-,13+/m0/s1. The Kier molecular flexibility index (Phi) is 3.79. The Hall–Kier alpha value is -0.370. The Morgan fingerprint density at radius 1 is 0.933 bits per heavy atom. The fraction of sp³-hybridized carbons (Fsp3) is 0.923. The molecule has 0 heterocycles. The zero-order chi connectivity index (χ0) is 10.7. The zero-order valence-electron chi connectivity index (χ0n) is 9.45. The van der Waals surface area contributed by atoms with E-state index in [1.165, 1.54) is 19.3 Å². The Labute approximate surface area is 92.1 Å². The first kappa shape index (κ1) is 11.1. The van der Waals surface area contributed by atoms with Crippen LogP contribution in [0.4, 0.5) is 0 Å². The smallest absolute Gasteiger partial charge is 0.136 e. The van der Waals surface area contributed by atoms with Gasteiger partial charge in [-0.05, 0) is 31.6 Å². The molecule has 3 atom stereocenters. The van der Waals surface area contributed by atoms with Crippen LogP contribution in [0.3, 0.4) is 0 Å². The first-order chi connectivity index (χ1) is 7.29. The molecule has 0 saturated heterocycles. The van der Waals surface area contributed by atoms with Crippen LogP contribution in [0.5, 0.6) is 0 Å². The maximum absolute atomic E-state index is 11.9. The number of carbonyl (C=O) groups is 1. The van der Waals surface area contributed by atoms with E-state index in [9.17, 15) is 9.90 Å². The van der Waals surface area contributed by atoms with Gasteiger partial charge in [0.05, 0.1) is 6.10 Å². The molecule has 0 aromatic heterocycles. The number of aliphatic hydroxyl groups excluding tert-OH is 1. The van der Waals surface area contributed by atoms with Gasteiger partial charge in [-0.3, -0.25) is 4.79 Å². The third kappa shape index (κ3) is 2.60. The molecule has 0 unspecified atom stereocenters. The molecule has 2 aliphatic rings. The minimum absolute atomic E-state index is 0.183. The summed E-state index contributed by atoms with van der Waals surface area (Å²) in [6.07, 6.45) is 9.35. The van der Waals surface area contributed by atoms with Crippen molar-refractivity contribution in [3.63, 3.8) is 0 Å². The Morgan fingerprint density at radius 2 is 1.67 bits per heavy atom. The summed E-state index contributed by atoms with van der Waals surface area (Å²) in [5.74, 6) is 0.894. The second-order valence-electron chi connectivity index (χ2n) is 5.19. The van der Waals surface area contributed by atoms with E-state index in [-0.39, 0.29) is 17.9 Å². The molecular formula is C13H22O2. The molecule has 0 spiro atoms. The summed E-state index contributed by atoms with van der Waals surface area (Å²) >= 11 is 0. The number of hydrogen-bond donors (Lipinski definition) is 1. The summed E-state index contributed by atoms with van der Waals surface area (Å²) in [6, 6.07) is 0. The highest BCUT2D eigenvalue weighted by atomic mass is 16.3. The third-order valence-electron chi connectivity index (χ3n) is 4.15. The van der Waals surface area contributed by atoms with E-state index in [0.717, 1.165) is 38.5 Å². The van der Waals surface area contributed by atoms with E-state index in [0.29, 0.717) is 5.78 Å². The number of ketones is 1. The van der Waals surface area contributed by atoms with Gasteiger partial charge in [-0.15, -0.1) is 0 Å². The molecule has 2 saturated carbocycles. The summed E-state index contributed by atoms with van der Waals surface area (Å²) in [5.41, 5.74) is 0. The van der Waals surface area contributed by atoms with E-state index < -0.39 is 0 Å². The quantitative estimate of drug-likeness (QED) is 0.676. The van der Waals surface area contributed by atoms with Crippen molar-refractivity contribution in [2.75, 3.05) is 0 Å². The molecular weight excluding hydrogens is 188 g/mol. The summed E-state index contributed by atoms with van der Waals surface area (Å²) in [5, 5.41) is 9.98. The lowest BCUT2D eigenvalue weighted by atomic mass is 9.74. The lowest BCUT2D eigenvalue weighted by Gasteiger charge is -2.33. The predicted molar refractivity (Wildman–Crippen MR) is 59.5 cm³/mol. The summed E-state index contributed by atoms with van der Waals surface area (Å²) < 4.78 is 0. The predicted octanol–water partition coefficient (Wildman–Crippen LogP) is 2.69.